The number of guanidine groups is 2. The summed E-state index contributed by atoms with van der Waals surface area (Å²) in [5.41, 5.74) is 13.5. The molecule has 9 heteroatoms. The molecule has 3 amide bonds. The first kappa shape index (κ1) is 18.9. The molecule has 3 fully saturated rings. The zero-order valence-electron chi connectivity index (χ0n) is 17.0. The van der Waals surface area contributed by atoms with Crippen LogP contribution in [0.25, 0.3) is 0 Å². The monoisotopic (exact) mass is 409 g/mol. The fourth-order valence-corrected chi connectivity index (χ4v) is 5.25. The Balaban J connectivity index is 1.38. The first-order chi connectivity index (χ1) is 14.5. The van der Waals surface area contributed by atoms with Crippen LogP contribution in [0.1, 0.15) is 50.5 Å². The SMILES string of the molecule is NC1=NC2(CCCCC2)N(c2ccc(CN3C(=O)C4CCCN4C3=O)cc2)C(N)=N1. The summed E-state index contributed by atoms with van der Waals surface area (Å²) >= 11 is 0. The summed E-state index contributed by atoms with van der Waals surface area (Å²) in [6.07, 6.45) is 6.72. The molecule has 1 spiro atoms. The van der Waals surface area contributed by atoms with Crippen LogP contribution in [0.5, 0.6) is 0 Å². The number of rotatable bonds is 3. The van der Waals surface area contributed by atoms with Gasteiger partial charge in [0, 0.05) is 12.2 Å². The summed E-state index contributed by atoms with van der Waals surface area (Å²) in [6, 6.07) is 7.34. The summed E-state index contributed by atoms with van der Waals surface area (Å²) in [5, 5.41) is 0. The van der Waals surface area contributed by atoms with Gasteiger partial charge in [-0.2, -0.15) is 4.99 Å². The molecule has 4 aliphatic rings. The molecule has 1 aromatic rings. The quantitative estimate of drug-likeness (QED) is 0.737. The van der Waals surface area contributed by atoms with Crippen molar-refractivity contribution in [3.8, 4) is 0 Å². The maximum Gasteiger partial charge on any atom is 0.327 e. The molecule has 30 heavy (non-hydrogen) atoms. The lowest BCUT2D eigenvalue weighted by Crippen LogP contribution is -2.58. The number of nitrogens with zero attached hydrogens (tertiary/aromatic N) is 5. The maximum absolute atomic E-state index is 12.6. The highest BCUT2D eigenvalue weighted by Gasteiger charge is 2.47. The number of benzene rings is 1. The molecule has 0 radical (unpaired) electrons. The van der Waals surface area contributed by atoms with Crippen molar-refractivity contribution < 1.29 is 9.59 Å². The molecule has 1 aliphatic carbocycles. The Labute approximate surface area is 175 Å². The van der Waals surface area contributed by atoms with Gasteiger partial charge in [-0.25, -0.2) is 9.79 Å². The molecule has 3 aliphatic heterocycles. The van der Waals surface area contributed by atoms with E-state index < -0.39 is 5.66 Å². The lowest BCUT2D eigenvalue weighted by atomic mass is 9.87. The van der Waals surface area contributed by atoms with Crippen LogP contribution in [-0.2, 0) is 11.3 Å². The second kappa shape index (κ2) is 7.00. The van der Waals surface area contributed by atoms with E-state index >= 15 is 0 Å². The second-order valence-corrected chi connectivity index (χ2v) is 8.54. The number of amides is 3. The van der Waals surface area contributed by atoms with Gasteiger partial charge in [-0.3, -0.25) is 14.6 Å². The van der Waals surface area contributed by atoms with Gasteiger partial charge in [0.15, 0.2) is 0 Å². The number of urea groups is 1. The van der Waals surface area contributed by atoms with Crippen molar-refractivity contribution in [2.45, 2.75) is 63.2 Å². The number of anilines is 1. The summed E-state index contributed by atoms with van der Waals surface area (Å²) in [6.45, 7) is 0.953. The van der Waals surface area contributed by atoms with Gasteiger partial charge in [0.05, 0.1) is 6.54 Å². The van der Waals surface area contributed by atoms with E-state index in [1.54, 1.807) is 4.90 Å². The summed E-state index contributed by atoms with van der Waals surface area (Å²) in [4.78, 5) is 39.1. The molecule has 2 saturated heterocycles. The van der Waals surface area contributed by atoms with Crippen LogP contribution in [0, 0.1) is 0 Å². The van der Waals surface area contributed by atoms with Gasteiger partial charge in [-0.15, -0.1) is 0 Å². The molecule has 4 N–H and O–H groups in total. The van der Waals surface area contributed by atoms with Gasteiger partial charge in [0.2, 0.25) is 11.9 Å². The maximum atomic E-state index is 12.6. The average molecular weight is 409 g/mol. The summed E-state index contributed by atoms with van der Waals surface area (Å²) in [5.74, 6) is 0.497. The number of imide groups is 1. The van der Waals surface area contributed by atoms with Crippen molar-refractivity contribution in [1.82, 2.24) is 9.80 Å². The number of carbonyl (C=O) groups is 2. The highest BCUT2D eigenvalue weighted by molar-refractivity contribution is 6.06. The Kier molecular flexibility index (Phi) is 4.41. The Morgan fingerprint density at radius 1 is 1.03 bits per heavy atom. The number of hydrogen-bond donors (Lipinski definition) is 2. The minimum atomic E-state index is -0.485. The Morgan fingerprint density at radius 3 is 2.47 bits per heavy atom. The molecule has 1 atom stereocenters. The topological polar surface area (TPSA) is 121 Å². The standard InChI is InChI=1S/C21H27N7O2/c22-18-24-19(23)28(21(25-18)10-2-1-3-11-21)15-8-6-14(7-9-15)13-27-17(29)16-5-4-12-26(16)20(27)30/h6-9,16H,1-5,10-13H2,(H4,22,23,24,25). The van der Waals surface area contributed by atoms with Gasteiger partial charge in [-0.1, -0.05) is 18.6 Å². The second-order valence-electron chi connectivity index (χ2n) is 8.54. The number of carbonyl (C=O) groups excluding carboxylic acids is 2. The molecule has 0 aromatic heterocycles. The third-order valence-corrected chi connectivity index (χ3v) is 6.67. The highest BCUT2D eigenvalue weighted by atomic mass is 16.2. The Morgan fingerprint density at radius 2 is 1.77 bits per heavy atom. The van der Waals surface area contributed by atoms with E-state index in [4.69, 9.17) is 11.5 Å². The van der Waals surface area contributed by atoms with Crippen LogP contribution in [0.2, 0.25) is 0 Å². The van der Waals surface area contributed by atoms with Crippen molar-refractivity contribution in [1.29, 1.82) is 0 Å². The van der Waals surface area contributed by atoms with Crippen LogP contribution in [0.15, 0.2) is 34.3 Å². The largest absolute Gasteiger partial charge is 0.369 e. The van der Waals surface area contributed by atoms with Gasteiger partial charge in [0.1, 0.15) is 11.7 Å². The summed E-state index contributed by atoms with van der Waals surface area (Å²) < 4.78 is 0. The van der Waals surface area contributed by atoms with E-state index in [1.807, 2.05) is 29.2 Å². The van der Waals surface area contributed by atoms with Crippen molar-refractivity contribution in [2.24, 2.45) is 21.5 Å². The van der Waals surface area contributed by atoms with E-state index in [0.717, 1.165) is 49.8 Å². The number of nitrogens with two attached hydrogens (primary N) is 2. The molecule has 9 nitrogen and oxygen atoms in total. The fourth-order valence-electron chi connectivity index (χ4n) is 5.25. The van der Waals surface area contributed by atoms with Gasteiger partial charge >= 0.3 is 6.03 Å². The average Bonchev–Trinajstić information content (AvgIpc) is 3.29. The van der Waals surface area contributed by atoms with Crippen molar-refractivity contribution in [3.05, 3.63) is 29.8 Å². The van der Waals surface area contributed by atoms with E-state index in [2.05, 4.69) is 9.98 Å². The van der Waals surface area contributed by atoms with Crippen LogP contribution in [0.4, 0.5) is 10.5 Å². The molecule has 1 unspecified atom stereocenters. The fraction of sp³-hybridized carbons (Fsp3) is 0.524. The van der Waals surface area contributed by atoms with Crippen molar-refractivity contribution >= 4 is 29.5 Å². The Bertz CT molecular complexity index is 911. The molecule has 0 bridgehead atoms. The van der Waals surface area contributed by atoms with Gasteiger partial charge < -0.3 is 16.4 Å². The van der Waals surface area contributed by atoms with Crippen molar-refractivity contribution in [2.75, 3.05) is 11.4 Å². The molecule has 1 aromatic carbocycles. The molecular weight excluding hydrogens is 382 g/mol. The molecule has 1 saturated carbocycles. The lowest BCUT2D eigenvalue weighted by molar-refractivity contribution is -0.128. The van der Waals surface area contributed by atoms with Crippen molar-refractivity contribution in [3.63, 3.8) is 0 Å². The molecular formula is C21H27N7O2. The summed E-state index contributed by atoms with van der Waals surface area (Å²) in [7, 11) is 0. The van der Waals surface area contributed by atoms with E-state index in [9.17, 15) is 9.59 Å². The predicted molar refractivity (Wildman–Crippen MR) is 114 cm³/mol. The van der Waals surface area contributed by atoms with Crippen LogP contribution < -0.4 is 16.4 Å². The first-order valence-electron chi connectivity index (χ1n) is 10.7. The number of fused-ring (bicyclic) bond motifs is 1. The molecule has 3 heterocycles. The van der Waals surface area contributed by atoms with Gasteiger partial charge in [0.25, 0.3) is 5.91 Å². The molecule has 158 valence electrons. The number of hydrogen-bond acceptors (Lipinski definition) is 7. The predicted octanol–water partition coefficient (Wildman–Crippen LogP) is 1.72. The zero-order chi connectivity index (χ0) is 20.9. The normalized spacial score (nSPS) is 25.6. The van der Waals surface area contributed by atoms with Crippen LogP contribution in [-0.4, -0.2) is 51.9 Å². The minimum Gasteiger partial charge on any atom is -0.369 e. The van der Waals surface area contributed by atoms with E-state index in [1.165, 1.54) is 11.3 Å². The highest BCUT2D eigenvalue weighted by Crippen LogP contribution is 2.39. The number of aliphatic imine (C=N–C) groups is 2. The van der Waals surface area contributed by atoms with E-state index in [-0.39, 0.29) is 30.5 Å². The first-order valence-corrected chi connectivity index (χ1v) is 10.7. The zero-order valence-corrected chi connectivity index (χ0v) is 17.0. The van der Waals surface area contributed by atoms with E-state index in [0.29, 0.717) is 12.5 Å². The van der Waals surface area contributed by atoms with Gasteiger partial charge in [-0.05, 0) is 56.2 Å². The third kappa shape index (κ3) is 2.91. The third-order valence-electron chi connectivity index (χ3n) is 6.67. The van der Waals surface area contributed by atoms with Crippen LogP contribution in [0.3, 0.4) is 0 Å². The minimum absolute atomic E-state index is 0.0834. The molecule has 5 rings (SSSR count). The Hall–Kier alpha value is -3.10. The van der Waals surface area contributed by atoms with Crippen LogP contribution >= 0.6 is 0 Å². The lowest BCUT2D eigenvalue weighted by Gasteiger charge is -2.45. The smallest absolute Gasteiger partial charge is 0.327 e.